The molecule has 1 aromatic rings. The number of nitrogens with zero attached hydrogens (tertiary/aromatic N) is 1. The zero-order valence-electron chi connectivity index (χ0n) is 10.8. The fourth-order valence-corrected chi connectivity index (χ4v) is 2.64. The summed E-state index contributed by atoms with van der Waals surface area (Å²) < 4.78 is 0. The van der Waals surface area contributed by atoms with E-state index in [0.717, 1.165) is 0 Å². The summed E-state index contributed by atoms with van der Waals surface area (Å²) in [5.74, 6) is -1.05. The van der Waals surface area contributed by atoms with Crippen molar-refractivity contribution < 1.29 is 14.4 Å². The second-order valence-corrected chi connectivity index (χ2v) is 4.66. The number of allylic oxidation sites excluding steroid dienone is 1. The number of amides is 4. The van der Waals surface area contributed by atoms with Gasteiger partial charge in [0.2, 0.25) is 5.54 Å². The summed E-state index contributed by atoms with van der Waals surface area (Å²) in [6.45, 7) is 2.21. The number of rotatable bonds is 2. The van der Waals surface area contributed by atoms with Gasteiger partial charge in [0.25, 0.3) is 11.8 Å². The van der Waals surface area contributed by atoms with E-state index in [1.807, 2.05) is 19.1 Å². The number of hydrogen-bond donors (Lipinski definition) is 2. The largest absolute Gasteiger partial charge is 0.323 e. The molecule has 1 spiro atoms. The van der Waals surface area contributed by atoms with E-state index in [2.05, 4.69) is 10.6 Å². The minimum absolute atomic E-state index is 0.358. The lowest BCUT2D eigenvalue weighted by Gasteiger charge is -2.20. The minimum atomic E-state index is -1.62. The van der Waals surface area contributed by atoms with Crippen molar-refractivity contribution >= 4 is 23.5 Å². The molecule has 102 valence electrons. The number of benzene rings is 1. The van der Waals surface area contributed by atoms with Crippen LogP contribution in [-0.2, 0) is 15.1 Å². The van der Waals surface area contributed by atoms with E-state index in [1.165, 1.54) is 4.90 Å². The van der Waals surface area contributed by atoms with Crippen molar-refractivity contribution in [1.29, 1.82) is 0 Å². The van der Waals surface area contributed by atoms with Gasteiger partial charge in [-0.3, -0.25) is 14.9 Å². The summed E-state index contributed by atoms with van der Waals surface area (Å²) in [6.07, 6.45) is 3.65. The lowest BCUT2D eigenvalue weighted by atomic mass is 9.92. The van der Waals surface area contributed by atoms with Gasteiger partial charge in [-0.05, 0) is 13.0 Å². The molecule has 0 bridgehead atoms. The summed E-state index contributed by atoms with van der Waals surface area (Å²) >= 11 is 0. The maximum atomic E-state index is 12.7. The molecule has 0 saturated carbocycles. The van der Waals surface area contributed by atoms with Crippen LogP contribution < -0.4 is 15.5 Å². The van der Waals surface area contributed by atoms with Crippen molar-refractivity contribution in [2.24, 2.45) is 0 Å². The third-order valence-electron chi connectivity index (χ3n) is 3.56. The van der Waals surface area contributed by atoms with Gasteiger partial charge in [0, 0.05) is 12.1 Å². The summed E-state index contributed by atoms with van der Waals surface area (Å²) in [4.78, 5) is 37.8. The molecule has 0 aliphatic carbocycles. The van der Waals surface area contributed by atoms with Crippen LogP contribution >= 0.6 is 0 Å². The number of urea groups is 1. The molecule has 20 heavy (non-hydrogen) atoms. The van der Waals surface area contributed by atoms with Crippen LogP contribution in [0.3, 0.4) is 0 Å². The molecule has 2 aliphatic rings. The maximum absolute atomic E-state index is 12.7. The second kappa shape index (κ2) is 4.19. The third-order valence-corrected chi connectivity index (χ3v) is 3.56. The van der Waals surface area contributed by atoms with Gasteiger partial charge in [0.05, 0.1) is 5.69 Å². The molecule has 1 unspecified atom stereocenters. The zero-order valence-corrected chi connectivity index (χ0v) is 10.8. The quantitative estimate of drug-likeness (QED) is 0.471. The van der Waals surface area contributed by atoms with Crippen molar-refractivity contribution in [2.75, 3.05) is 11.4 Å². The number of carbonyl (C=O) groups is 3. The fraction of sp³-hybridized carbons (Fsp3) is 0.214. The monoisotopic (exact) mass is 271 g/mol. The molecule has 1 aromatic carbocycles. The highest BCUT2D eigenvalue weighted by Gasteiger charge is 2.60. The number of carbonyl (C=O) groups excluding carboxylic acids is 3. The molecule has 6 nitrogen and oxygen atoms in total. The average Bonchev–Trinajstić information content (AvgIpc) is 2.86. The molecule has 1 fully saturated rings. The van der Waals surface area contributed by atoms with Crippen LogP contribution in [0.25, 0.3) is 0 Å². The van der Waals surface area contributed by atoms with Crippen molar-refractivity contribution in [2.45, 2.75) is 12.5 Å². The summed E-state index contributed by atoms with van der Waals surface area (Å²) in [5.41, 5.74) is -0.458. The van der Waals surface area contributed by atoms with Gasteiger partial charge in [-0.1, -0.05) is 30.4 Å². The smallest absolute Gasteiger partial charge is 0.312 e. The number of para-hydroxylation sites is 1. The Bertz CT molecular complexity index is 653. The molecule has 0 aromatic heterocycles. The van der Waals surface area contributed by atoms with Crippen molar-refractivity contribution in [1.82, 2.24) is 10.6 Å². The molecule has 1 atom stereocenters. The standard InChI is InChI=1S/C14H13N3O3/c1-2-3-8-17-10-7-5-4-6-9(10)14(12(17)19)11(18)15-13(20)16-14/h2-7H,8H2,1H3,(H2,15,16,18,20). The Morgan fingerprint density at radius 3 is 2.65 bits per heavy atom. The van der Waals surface area contributed by atoms with Gasteiger partial charge in [0.1, 0.15) is 0 Å². The Balaban J connectivity index is 2.16. The maximum Gasteiger partial charge on any atom is 0.323 e. The van der Waals surface area contributed by atoms with E-state index in [0.29, 0.717) is 17.8 Å². The van der Waals surface area contributed by atoms with Crippen molar-refractivity contribution in [3.8, 4) is 0 Å². The number of nitrogens with one attached hydrogen (secondary N) is 2. The van der Waals surface area contributed by atoms with Crippen LogP contribution in [0.4, 0.5) is 10.5 Å². The van der Waals surface area contributed by atoms with Crippen LogP contribution in [0.15, 0.2) is 36.4 Å². The second-order valence-electron chi connectivity index (χ2n) is 4.66. The van der Waals surface area contributed by atoms with E-state index in [-0.39, 0.29) is 0 Å². The molecule has 2 N–H and O–H groups in total. The Morgan fingerprint density at radius 2 is 2.00 bits per heavy atom. The topological polar surface area (TPSA) is 78.5 Å². The molecule has 2 heterocycles. The predicted octanol–water partition coefficient (Wildman–Crippen LogP) is 0.644. The average molecular weight is 271 g/mol. The van der Waals surface area contributed by atoms with E-state index in [1.54, 1.807) is 24.3 Å². The number of imide groups is 1. The van der Waals surface area contributed by atoms with Crippen molar-refractivity contribution in [3.63, 3.8) is 0 Å². The van der Waals surface area contributed by atoms with Crippen LogP contribution in [0.2, 0.25) is 0 Å². The van der Waals surface area contributed by atoms with Crippen LogP contribution in [0, 0.1) is 0 Å². The van der Waals surface area contributed by atoms with Crippen LogP contribution in [0.1, 0.15) is 12.5 Å². The van der Waals surface area contributed by atoms with Gasteiger partial charge >= 0.3 is 6.03 Å². The minimum Gasteiger partial charge on any atom is -0.312 e. The Morgan fingerprint density at radius 1 is 1.25 bits per heavy atom. The molecular weight excluding hydrogens is 258 g/mol. The highest BCUT2D eigenvalue weighted by molar-refractivity contribution is 6.27. The first-order valence-electron chi connectivity index (χ1n) is 6.27. The van der Waals surface area contributed by atoms with Gasteiger partial charge in [0.15, 0.2) is 0 Å². The number of fused-ring (bicyclic) bond motifs is 2. The lowest BCUT2D eigenvalue weighted by molar-refractivity contribution is -0.133. The Kier molecular flexibility index (Phi) is 2.60. The number of hydrogen-bond acceptors (Lipinski definition) is 3. The summed E-state index contributed by atoms with van der Waals surface area (Å²) in [7, 11) is 0. The highest BCUT2D eigenvalue weighted by atomic mass is 16.2. The Labute approximate surface area is 115 Å². The van der Waals surface area contributed by atoms with E-state index < -0.39 is 23.4 Å². The van der Waals surface area contributed by atoms with Gasteiger partial charge in [-0.2, -0.15) is 0 Å². The molecule has 3 rings (SSSR count). The lowest BCUT2D eigenvalue weighted by Crippen LogP contribution is -2.52. The first-order valence-corrected chi connectivity index (χ1v) is 6.27. The highest BCUT2D eigenvalue weighted by Crippen LogP contribution is 2.41. The predicted molar refractivity (Wildman–Crippen MR) is 72.0 cm³/mol. The molecule has 6 heteroatoms. The van der Waals surface area contributed by atoms with Crippen molar-refractivity contribution in [3.05, 3.63) is 42.0 Å². The molecule has 0 radical (unpaired) electrons. The van der Waals surface area contributed by atoms with Gasteiger partial charge in [-0.15, -0.1) is 0 Å². The first kappa shape index (κ1) is 12.4. The van der Waals surface area contributed by atoms with E-state index in [4.69, 9.17) is 0 Å². The normalized spacial score (nSPS) is 24.4. The SMILES string of the molecule is CC=CCN1C(=O)C2(NC(=O)NC2=O)c2ccccc21. The molecular formula is C14H13N3O3. The fourth-order valence-electron chi connectivity index (χ4n) is 2.64. The van der Waals surface area contributed by atoms with Crippen LogP contribution in [0.5, 0.6) is 0 Å². The zero-order chi connectivity index (χ0) is 14.3. The first-order chi connectivity index (χ1) is 9.61. The number of anilines is 1. The van der Waals surface area contributed by atoms with E-state index in [9.17, 15) is 14.4 Å². The van der Waals surface area contributed by atoms with Crippen LogP contribution in [-0.4, -0.2) is 24.4 Å². The molecule has 1 saturated heterocycles. The summed E-state index contributed by atoms with van der Waals surface area (Å²) in [5, 5.41) is 4.62. The van der Waals surface area contributed by atoms with Gasteiger partial charge in [-0.25, -0.2) is 4.79 Å². The van der Waals surface area contributed by atoms with E-state index >= 15 is 0 Å². The Hall–Kier alpha value is -2.63. The van der Waals surface area contributed by atoms with Gasteiger partial charge < -0.3 is 10.2 Å². The summed E-state index contributed by atoms with van der Waals surface area (Å²) in [6, 6.07) is 6.34. The molecule has 4 amide bonds. The molecule has 2 aliphatic heterocycles. The third kappa shape index (κ3) is 1.41.